The molecule has 2 atom stereocenters. The monoisotopic (exact) mass is 294 g/mol. The Bertz CT molecular complexity index is 313. The normalized spacial score (nSPS) is 38.9. The smallest absolute Gasteiger partial charge is 0.00967 e. The fraction of sp³-hybridized carbons (Fsp3) is 1.00. The van der Waals surface area contributed by atoms with Crippen LogP contribution >= 0.6 is 0 Å². The molecule has 124 valence electrons. The zero-order chi connectivity index (χ0) is 15.7. The van der Waals surface area contributed by atoms with Gasteiger partial charge in [0.15, 0.2) is 0 Å². The van der Waals surface area contributed by atoms with Gasteiger partial charge in [-0.2, -0.15) is 0 Å². The van der Waals surface area contributed by atoms with E-state index in [-0.39, 0.29) is 5.54 Å². The molecule has 1 heterocycles. The van der Waals surface area contributed by atoms with Crippen molar-refractivity contribution in [3.8, 4) is 0 Å². The molecule has 1 N–H and O–H groups in total. The molecule has 0 aromatic carbocycles. The minimum Gasteiger partial charge on any atom is -0.311 e. The summed E-state index contributed by atoms with van der Waals surface area (Å²) in [5, 5.41) is 3.82. The molecule has 0 spiro atoms. The van der Waals surface area contributed by atoms with Gasteiger partial charge in [0.2, 0.25) is 0 Å². The molecule has 1 saturated carbocycles. The topological polar surface area (TPSA) is 15.3 Å². The Labute approximate surface area is 133 Å². The van der Waals surface area contributed by atoms with Crippen molar-refractivity contribution in [2.45, 2.75) is 72.8 Å². The molecule has 2 fully saturated rings. The van der Waals surface area contributed by atoms with E-state index < -0.39 is 0 Å². The zero-order valence-electron chi connectivity index (χ0n) is 15.3. The molecule has 0 amide bonds. The van der Waals surface area contributed by atoms with E-state index in [0.717, 1.165) is 17.8 Å². The second-order valence-electron chi connectivity index (χ2n) is 9.43. The van der Waals surface area contributed by atoms with Gasteiger partial charge < -0.3 is 10.2 Å². The second kappa shape index (κ2) is 6.58. The van der Waals surface area contributed by atoms with Crippen molar-refractivity contribution < 1.29 is 0 Å². The minimum absolute atomic E-state index is 0.238. The van der Waals surface area contributed by atoms with Gasteiger partial charge >= 0.3 is 0 Å². The maximum Gasteiger partial charge on any atom is 0.00967 e. The fourth-order valence-corrected chi connectivity index (χ4v) is 4.07. The van der Waals surface area contributed by atoms with Crippen LogP contribution in [0, 0.1) is 23.2 Å². The number of rotatable bonds is 4. The van der Waals surface area contributed by atoms with Crippen LogP contribution in [0.15, 0.2) is 0 Å². The highest BCUT2D eigenvalue weighted by Gasteiger charge is 2.38. The predicted molar refractivity (Wildman–Crippen MR) is 92.6 cm³/mol. The third-order valence-electron chi connectivity index (χ3n) is 5.95. The lowest BCUT2D eigenvalue weighted by molar-refractivity contribution is 0.0884. The molecular weight excluding hydrogens is 256 g/mol. The van der Waals surface area contributed by atoms with Gasteiger partial charge in [-0.25, -0.2) is 0 Å². The van der Waals surface area contributed by atoms with E-state index in [2.05, 4.69) is 51.8 Å². The van der Waals surface area contributed by atoms with Crippen LogP contribution in [0.25, 0.3) is 0 Å². The van der Waals surface area contributed by atoms with Crippen molar-refractivity contribution in [1.82, 2.24) is 10.2 Å². The first-order valence-corrected chi connectivity index (χ1v) is 9.16. The molecule has 1 aliphatic carbocycles. The summed E-state index contributed by atoms with van der Waals surface area (Å²) in [5.74, 6) is 2.68. The number of hydrogen-bond donors (Lipinski definition) is 1. The van der Waals surface area contributed by atoms with Crippen molar-refractivity contribution in [3.63, 3.8) is 0 Å². The first-order chi connectivity index (χ1) is 9.69. The fourth-order valence-electron chi connectivity index (χ4n) is 4.07. The average Bonchev–Trinajstić information content (AvgIpc) is 2.69. The molecule has 0 bridgehead atoms. The van der Waals surface area contributed by atoms with Gasteiger partial charge in [-0.3, -0.25) is 0 Å². The molecule has 2 heteroatoms. The summed E-state index contributed by atoms with van der Waals surface area (Å²) in [6.07, 6.45) is 5.67. The molecule has 0 aromatic rings. The highest BCUT2D eigenvalue weighted by Crippen LogP contribution is 2.40. The Morgan fingerprint density at radius 1 is 1.00 bits per heavy atom. The Morgan fingerprint density at radius 3 is 2.00 bits per heavy atom. The van der Waals surface area contributed by atoms with E-state index >= 15 is 0 Å². The highest BCUT2D eigenvalue weighted by atomic mass is 15.2. The minimum atomic E-state index is 0.238. The third kappa shape index (κ3) is 4.96. The number of nitrogens with zero attached hydrogens (tertiary/aromatic N) is 1. The van der Waals surface area contributed by atoms with Crippen molar-refractivity contribution in [3.05, 3.63) is 0 Å². The van der Waals surface area contributed by atoms with Gasteiger partial charge in [0.25, 0.3) is 0 Å². The van der Waals surface area contributed by atoms with Crippen LogP contribution in [0.4, 0.5) is 0 Å². The highest BCUT2D eigenvalue weighted by molar-refractivity contribution is 4.93. The molecule has 2 aliphatic rings. The summed E-state index contributed by atoms with van der Waals surface area (Å²) in [6, 6.07) is 0. The Balaban J connectivity index is 1.98. The van der Waals surface area contributed by atoms with Gasteiger partial charge in [-0.15, -0.1) is 0 Å². The summed E-state index contributed by atoms with van der Waals surface area (Å²) in [4.78, 5) is 2.76. The average molecular weight is 295 g/mol. The molecule has 21 heavy (non-hydrogen) atoms. The van der Waals surface area contributed by atoms with Crippen LogP contribution in [0.2, 0.25) is 0 Å². The van der Waals surface area contributed by atoms with Crippen LogP contribution in [0.5, 0.6) is 0 Å². The van der Waals surface area contributed by atoms with Gasteiger partial charge in [0, 0.05) is 31.7 Å². The van der Waals surface area contributed by atoms with E-state index in [1.54, 1.807) is 0 Å². The molecule has 0 radical (unpaired) electrons. The van der Waals surface area contributed by atoms with E-state index in [4.69, 9.17) is 0 Å². The summed E-state index contributed by atoms with van der Waals surface area (Å²) < 4.78 is 0. The van der Waals surface area contributed by atoms with Crippen LogP contribution in [0.3, 0.4) is 0 Å². The van der Waals surface area contributed by atoms with E-state index in [1.807, 2.05) is 0 Å². The lowest BCUT2D eigenvalue weighted by Gasteiger charge is -2.43. The second-order valence-corrected chi connectivity index (χ2v) is 9.43. The first kappa shape index (κ1) is 17.3. The lowest BCUT2D eigenvalue weighted by Crippen LogP contribution is -2.50. The number of likely N-dealkylation sites (tertiary alicyclic amines) is 1. The molecule has 2 unspecified atom stereocenters. The summed E-state index contributed by atoms with van der Waals surface area (Å²) >= 11 is 0. The zero-order valence-corrected chi connectivity index (χ0v) is 15.3. The van der Waals surface area contributed by atoms with E-state index in [9.17, 15) is 0 Å². The van der Waals surface area contributed by atoms with E-state index in [0.29, 0.717) is 5.41 Å². The predicted octanol–water partition coefficient (Wildman–Crippen LogP) is 4.16. The molecule has 1 aliphatic heterocycles. The maximum atomic E-state index is 3.82. The standard InChI is InChI=1S/C19H38N2/c1-15-7-9-19(10-8-15,13-20-18(4,5)6)14-21-11-16(2)17(3)12-21/h15-17,20H,7-14H2,1-6H3. The summed E-state index contributed by atoms with van der Waals surface area (Å²) in [7, 11) is 0. The largest absolute Gasteiger partial charge is 0.311 e. The first-order valence-electron chi connectivity index (χ1n) is 9.16. The summed E-state index contributed by atoms with van der Waals surface area (Å²) in [5.41, 5.74) is 0.755. The summed E-state index contributed by atoms with van der Waals surface area (Å²) in [6.45, 7) is 19.3. The van der Waals surface area contributed by atoms with Gasteiger partial charge in [0.05, 0.1) is 0 Å². The Hall–Kier alpha value is -0.0800. The van der Waals surface area contributed by atoms with Crippen molar-refractivity contribution >= 4 is 0 Å². The van der Waals surface area contributed by atoms with Crippen molar-refractivity contribution in [1.29, 1.82) is 0 Å². The maximum absolute atomic E-state index is 3.82. The molecule has 2 rings (SSSR count). The molecular formula is C19H38N2. The molecule has 1 saturated heterocycles. The van der Waals surface area contributed by atoms with Gasteiger partial charge in [-0.05, 0) is 56.8 Å². The lowest BCUT2D eigenvalue weighted by atomic mass is 9.70. The number of nitrogens with one attached hydrogen (secondary N) is 1. The molecule has 0 aromatic heterocycles. The third-order valence-corrected chi connectivity index (χ3v) is 5.95. The SMILES string of the molecule is CC1CCC(CNC(C)(C)C)(CN2CC(C)C(C)C2)CC1. The Morgan fingerprint density at radius 2 is 1.52 bits per heavy atom. The molecule has 2 nitrogen and oxygen atoms in total. The van der Waals surface area contributed by atoms with Crippen LogP contribution in [-0.4, -0.2) is 36.6 Å². The van der Waals surface area contributed by atoms with Crippen LogP contribution in [0.1, 0.15) is 67.2 Å². The quantitative estimate of drug-likeness (QED) is 0.837. The van der Waals surface area contributed by atoms with E-state index in [1.165, 1.54) is 51.9 Å². The van der Waals surface area contributed by atoms with Crippen molar-refractivity contribution in [2.75, 3.05) is 26.2 Å². The Kier molecular flexibility index (Phi) is 5.41. The van der Waals surface area contributed by atoms with Crippen LogP contribution < -0.4 is 5.32 Å². The number of hydrogen-bond acceptors (Lipinski definition) is 2. The van der Waals surface area contributed by atoms with Gasteiger partial charge in [0.1, 0.15) is 0 Å². The van der Waals surface area contributed by atoms with Crippen LogP contribution in [-0.2, 0) is 0 Å². The van der Waals surface area contributed by atoms with Crippen molar-refractivity contribution in [2.24, 2.45) is 23.2 Å². The van der Waals surface area contributed by atoms with Gasteiger partial charge in [-0.1, -0.05) is 33.6 Å².